The predicted molar refractivity (Wildman–Crippen MR) is 145 cm³/mol. The molecule has 0 radical (unpaired) electrons. The lowest BCUT2D eigenvalue weighted by Crippen LogP contribution is -2.42. The molecule has 34 heavy (non-hydrogen) atoms. The lowest BCUT2D eigenvalue weighted by molar-refractivity contribution is -0.123. The Labute approximate surface area is 207 Å². The van der Waals surface area contributed by atoms with Crippen LogP contribution >= 0.6 is 0 Å². The van der Waals surface area contributed by atoms with Gasteiger partial charge in [-0.15, -0.1) is 0 Å². The van der Waals surface area contributed by atoms with Gasteiger partial charge in [0.2, 0.25) is 0 Å². The summed E-state index contributed by atoms with van der Waals surface area (Å²) in [5, 5.41) is 0. The predicted octanol–water partition coefficient (Wildman–Crippen LogP) is 5.42. The fourth-order valence-corrected chi connectivity index (χ4v) is 3.85. The van der Waals surface area contributed by atoms with E-state index in [0.29, 0.717) is 12.5 Å². The molecule has 0 amide bonds. The molecule has 5 heteroatoms. The fourth-order valence-electron chi connectivity index (χ4n) is 3.85. The van der Waals surface area contributed by atoms with Crippen molar-refractivity contribution in [2.45, 2.75) is 51.5 Å². The molecular formula is C29H44N4O. The molecule has 186 valence electrons. The minimum Gasteiger partial charge on any atom is -0.309 e. The summed E-state index contributed by atoms with van der Waals surface area (Å²) < 4.78 is 0. The zero-order valence-corrected chi connectivity index (χ0v) is 22.3. The number of carbonyl (C=O) groups excluding carboxylic acids is 1. The van der Waals surface area contributed by atoms with Crippen LogP contribution in [0.1, 0.15) is 51.2 Å². The molecule has 0 aliphatic rings. The van der Waals surface area contributed by atoms with Crippen molar-refractivity contribution in [2.24, 2.45) is 9.98 Å². The molecular weight excluding hydrogens is 420 g/mol. The van der Waals surface area contributed by atoms with Crippen LogP contribution in [0.25, 0.3) is 0 Å². The number of ketones is 1. The molecule has 2 aromatic rings. The summed E-state index contributed by atoms with van der Waals surface area (Å²) in [5.41, 5.74) is 1.60. The number of aliphatic imine (C=N–C) groups is 2. The van der Waals surface area contributed by atoms with E-state index in [0.717, 1.165) is 43.6 Å². The van der Waals surface area contributed by atoms with E-state index in [4.69, 9.17) is 0 Å². The average Bonchev–Trinajstić information content (AvgIpc) is 2.85. The molecule has 0 aliphatic carbocycles. The van der Waals surface area contributed by atoms with Crippen molar-refractivity contribution < 1.29 is 4.79 Å². The van der Waals surface area contributed by atoms with Gasteiger partial charge in [0, 0.05) is 19.0 Å². The van der Waals surface area contributed by atoms with E-state index in [-0.39, 0.29) is 5.78 Å². The van der Waals surface area contributed by atoms with E-state index in [1.807, 2.05) is 50.2 Å². The maximum absolute atomic E-state index is 13.2. The van der Waals surface area contributed by atoms with Gasteiger partial charge in [-0.05, 0) is 72.6 Å². The van der Waals surface area contributed by atoms with Crippen molar-refractivity contribution >= 4 is 11.8 Å². The lowest BCUT2D eigenvalue weighted by atomic mass is 9.67. The van der Waals surface area contributed by atoms with Crippen LogP contribution in [0.3, 0.4) is 0 Å². The molecule has 0 fully saturated rings. The third-order valence-corrected chi connectivity index (χ3v) is 5.99. The Morgan fingerprint density at radius 2 is 1.44 bits per heavy atom. The summed E-state index contributed by atoms with van der Waals surface area (Å²) in [4.78, 5) is 25.4. The van der Waals surface area contributed by atoms with Crippen molar-refractivity contribution in [1.29, 1.82) is 0 Å². The molecule has 0 bridgehead atoms. The molecule has 0 aliphatic heterocycles. The zero-order valence-electron chi connectivity index (χ0n) is 22.3. The summed E-state index contributed by atoms with van der Waals surface area (Å²) >= 11 is 0. The molecule has 0 saturated heterocycles. The quantitative estimate of drug-likeness (QED) is 0.311. The summed E-state index contributed by atoms with van der Waals surface area (Å²) in [6.07, 6.45) is 2.39. The van der Waals surface area contributed by atoms with Crippen molar-refractivity contribution in [1.82, 2.24) is 9.80 Å². The van der Waals surface area contributed by atoms with E-state index >= 15 is 0 Å². The van der Waals surface area contributed by atoms with E-state index in [9.17, 15) is 4.79 Å². The molecule has 2 rings (SSSR count). The molecule has 2 aromatic carbocycles. The van der Waals surface area contributed by atoms with Crippen LogP contribution in [0.4, 0.5) is 0 Å². The van der Waals surface area contributed by atoms with Crippen LogP contribution in [0.5, 0.6) is 0 Å². The zero-order chi connectivity index (χ0) is 25.4. The van der Waals surface area contributed by atoms with Crippen LogP contribution in [0.2, 0.25) is 0 Å². The number of carbonyl (C=O) groups is 1. The summed E-state index contributed by atoms with van der Waals surface area (Å²) in [7, 11) is 8.26. The van der Waals surface area contributed by atoms with Gasteiger partial charge in [-0.1, -0.05) is 67.6 Å². The average molecular weight is 465 g/mol. The number of Topliss-reactive ketones (excluding diaryl/α,β-unsaturated/α-hetero) is 1. The summed E-state index contributed by atoms with van der Waals surface area (Å²) in [6, 6.07) is 23.4. The third-order valence-electron chi connectivity index (χ3n) is 5.99. The minimum absolute atomic E-state index is 0.281. The maximum Gasteiger partial charge on any atom is 0.147 e. The summed E-state index contributed by atoms with van der Waals surface area (Å²) in [5.74, 6) is 0.281. The van der Waals surface area contributed by atoms with Crippen molar-refractivity contribution in [3.8, 4) is 0 Å². The van der Waals surface area contributed by atoms with Gasteiger partial charge in [-0.2, -0.15) is 0 Å². The molecule has 0 N–H and O–H groups in total. The van der Waals surface area contributed by atoms with Crippen molar-refractivity contribution in [3.05, 3.63) is 71.8 Å². The Hall–Kier alpha value is -2.59. The van der Waals surface area contributed by atoms with Crippen molar-refractivity contribution in [3.63, 3.8) is 0 Å². The minimum atomic E-state index is -0.582. The second-order valence-corrected chi connectivity index (χ2v) is 9.04. The van der Waals surface area contributed by atoms with Gasteiger partial charge < -0.3 is 9.80 Å². The highest BCUT2D eigenvalue weighted by Gasteiger charge is 2.41. The number of benzene rings is 2. The van der Waals surface area contributed by atoms with E-state index in [1.165, 1.54) is 0 Å². The first-order valence-electron chi connectivity index (χ1n) is 12.3. The number of nitrogens with zero attached hydrogens (tertiary/aromatic N) is 4. The second kappa shape index (κ2) is 16.1. The molecule has 5 nitrogen and oxygen atoms in total. The van der Waals surface area contributed by atoms with Crippen LogP contribution in [-0.4, -0.2) is 75.5 Å². The topological polar surface area (TPSA) is 48.3 Å². The Morgan fingerprint density at radius 3 is 1.85 bits per heavy atom. The van der Waals surface area contributed by atoms with Gasteiger partial charge in [-0.25, -0.2) is 9.98 Å². The molecule has 1 unspecified atom stereocenters. The van der Waals surface area contributed by atoms with Gasteiger partial charge >= 0.3 is 0 Å². The Morgan fingerprint density at radius 1 is 0.912 bits per heavy atom. The Bertz CT molecular complexity index is 832. The fraction of sp³-hybridized carbons (Fsp3) is 0.517. The smallest absolute Gasteiger partial charge is 0.147 e. The van der Waals surface area contributed by atoms with E-state index in [2.05, 4.69) is 85.2 Å². The van der Waals surface area contributed by atoms with Gasteiger partial charge in [0.15, 0.2) is 0 Å². The van der Waals surface area contributed by atoms with Crippen LogP contribution in [0.15, 0.2) is 70.6 Å². The second-order valence-electron chi connectivity index (χ2n) is 9.04. The van der Waals surface area contributed by atoms with Crippen LogP contribution < -0.4 is 0 Å². The highest BCUT2D eigenvalue weighted by molar-refractivity contribution is 5.93. The largest absolute Gasteiger partial charge is 0.309 e. The number of hydrogen-bond donors (Lipinski definition) is 0. The first-order valence-corrected chi connectivity index (χ1v) is 12.3. The number of hydrogen-bond acceptors (Lipinski definition) is 5. The highest BCUT2D eigenvalue weighted by atomic mass is 16.1. The van der Waals surface area contributed by atoms with Gasteiger partial charge in [-0.3, -0.25) is 4.79 Å². The molecule has 0 aromatic heterocycles. The number of rotatable bonds is 12. The van der Waals surface area contributed by atoms with E-state index < -0.39 is 5.41 Å². The molecule has 0 spiro atoms. The first kappa shape index (κ1) is 29.4. The Balaban J connectivity index is 0.000000445. The lowest BCUT2D eigenvalue weighted by Gasteiger charge is -2.37. The SMILES string of the molecule is CCC(=O)C(CC(C)N(C)C)(c1ccccc1)c1ccccc1.CCN=C=NCCCN(C)C. The molecule has 1 atom stereocenters. The van der Waals surface area contributed by atoms with Gasteiger partial charge in [0.1, 0.15) is 5.78 Å². The van der Waals surface area contributed by atoms with Crippen LogP contribution in [-0.2, 0) is 10.2 Å². The standard InChI is InChI=1S/C21H27NO.C8H17N3/c1-5-20(23)21(16-17(2)22(3)4,18-12-8-6-9-13-18)19-14-10-7-11-15-19;1-4-9-8-10-6-5-7-11(2)3/h6-15,17H,5,16H2,1-4H3;4-7H2,1-3H3. The van der Waals surface area contributed by atoms with E-state index in [1.54, 1.807) is 0 Å². The highest BCUT2D eigenvalue weighted by Crippen LogP contribution is 2.39. The molecule has 0 heterocycles. The third kappa shape index (κ3) is 9.34. The monoisotopic (exact) mass is 464 g/mol. The first-order chi connectivity index (χ1) is 16.3. The molecule has 0 saturated carbocycles. The maximum atomic E-state index is 13.2. The van der Waals surface area contributed by atoms with Gasteiger partial charge in [0.25, 0.3) is 0 Å². The Kier molecular flexibility index (Phi) is 13.9. The van der Waals surface area contributed by atoms with Crippen LogP contribution in [0, 0.1) is 0 Å². The van der Waals surface area contributed by atoms with Gasteiger partial charge in [0.05, 0.1) is 18.0 Å². The summed E-state index contributed by atoms with van der Waals surface area (Å²) in [6.45, 7) is 8.81. The normalized spacial score (nSPS) is 11.9. The van der Waals surface area contributed by atoms with Crippen molar-refractivity contribution in [2.75, 3.05) is 47.8 Å².